The zero-order valence-corrected chi connectivity index (χ0v) is 12.1. The Hall–Kier alpha value is -2.11. The molecule has 0 spiro atoms. The summed E-state index contributed by atoms with van der Waals surface area (Å²) >= 11 is 0. The predicted octanol–water partition coefficient (Wildman–Crippen LogP) is 3.20. The first kappa shape index (κ1) is 15.9. The molecule has 20 heavy (non-hydrogen) atoms. The molecule has 0 radical (unpaired) electrons. The highest BCUT2D eigenvalue weighted by atomic mass is 16.6. The van der Waals surface area contributed by atoms with Crippen molar-refractivity contribution < 1.29 is 19.2 Å². The standard InChI is InChI=1S/C14H19NO5/c1-14(2,3)7-8-20-12-9-10(13(16)19-4)5-6-11(12)15(17)18/h5-6,9H,7-8H2,1-4H3. The van der Waals surface area contributed by atoms with Gasteiger partial charge < -0.3 is 9.47 Å². The number of nitrogens with zero attached hydrogens (tertiary/aromatic N) is 1. The van der Waals surface area contributed by atoms with Crippen LogP contribution in [0.3, 0.4) is 0 Å². The number of nitro groups is 1. The number of methoxy groups -OCH3 is 1. The fourth-order valence-electron chi connectivity index (χ4n) is 1.49. The average molecular weight is 281 g/mol. The van der Waals surface area contributed by atoms with E-state index in [1.54, 1.807) is 0 Å². The second-order valence-electron chi connectivity index (χ2n) is 5.59. The summed E-state index contributed by atoms with van der Waals surface area (Å²) in [5.74, 6) is -0.470. The number of ether oxygens (including phenoxy) is 2. The van der Waals surface area contributed by atoms with Crippen LogP contribution in [0.5, 0.6) is 5.75 Å². The summed E-state index contributed by atoms with van der Waals surface area (Å²) in [6.07, 6.45) is 0.743. The Bertz CT molecular complexity index is 505. The molecular formula is C14H19NO5. The highest BCUT2D eigenvalue weighted by Gasteiger charge is 2.19. The minimum absolute atomic E-state index is 0.0642. The molecule has 0 amide bonds. The van der Waals surface area contributed by atoms with Gasteiger partial charge in [-0.25, -0.2) is 4.79 Å². The summed E-state index contributed by atoms with van der Waals surface area (Å²) in [5.41, 5.74) is 0.129. The molecule has 0 atom stereocenters. The van der Waals surface area contributed by atoms with Gasteiger partial charge in [0.25, 0.3) is 0 Å². The van der Waals surface area contributed by atoms with Gasteiger partial charge >= 0.3 is 11.7 Å². The van der Waals surface area contributed by atoms with Gasteiger partial charge in [-0.3, -0.25) is 10.1 Å². The summed E-state index contributed by atoms with van der Waals surface area (Å²) < 4.78 is 10.0. The van der Waals surface area contributed by atoms with Crippen LogP contribution >= 0.6 is 0 Å². The molecule has 1 aromatic carbocycles. The van der Waals surface area contributed by atoms with Crippen LogP contribution in [0.4, 0.5) is 5.69 Å². The van der Waals surface area contributed by atoms with E-state index in [9.17, 15) is 14.9 Å². The van der Waals surface area contributed by atoms with E-state index in [0.29, 0.717) is 6.61 Å². The molecular weight excluding hydrogens is 262 g/mol. The molecule has 0 saturated heterocycles. The topological polar surface area (TPSA) is 78.7 Å². The summed E-state index contributed by atoms with van der Waals surface area (Å²) in [5, 5.41) is 10.9. The molecule has 1 rings (SSSR count). The lowest BCUT2D eigenvalue weighted by molar-refractivity contribution is -0.385. The van der Waals surface area contributed by atoms with E-state index in [1.807, 2.05) is 0 Å². The lowest BCUT2D eigenvalue weighted by atomic mass is 9.93. The van der Waals surface area contributed by atoms with Crippen molar-refractivity contribution in [3.63, 3.8) is 0 Å². The number of hydrogen-bond acceptors (Lipinski definition) is 5. The highest BCUT2D eigenvalue weighted by molar-refractivity contribution is 5.90. The van der Waals surface area contributed by atoms with Gasteiger partial charge in [-0.1, -0.05) is 20.8 Å². The minimum Gasteiger partial charge on any atom is -0.487 e. The molecule has 0 aliphatic rings. The third-order valence-electron chi connectivity index (χ3n) is 2.69. The number of nitro benzene ring substituents is 1. The molecule has 0 aliphatic carbocycles. The van der Waals surface area contributed by atoms with Gasteiger partial charge in [-0.2, -0.15) is 0 Å². The second-order valence-corrected chi connectivity index (χ2v) is 5.59. The van der Waals surface area contributed by atoms with E-state index in [1.165, 1.54) is 25.3 Å². The molecule has 1 aromatic rings. The van der Waals surface area contributed by atoms with Gasteiger partial charge in [0.2, 0.25) is 0 Å². The molecule has 0 heterocycles. The summed E-state index contributed by atoms with van der Waals surface area (Å²) in [6, 6.07) is 3.94. The van der Waals surface area contributed by atoms with Gasteiger partial charge in [0.05, 0.1) is 24.2 Å². The maximum absolute atomic E-state index is 11.4. The zero-order valence-electron chi connectivity index (χ0n) is 12.1. The Morgan fingerprint density at radius 1 is 1.35 bits per heavy atom. The van der Waals surface area contributed by atoms with Gasteiger partial charge in [-0.05, 0) is 17.9 Å². The lowest BCUT2D eigenvalue weighted by Gasteiger charge is -2.18. The fourth-order valence-corrected chi connectivity index (χ4v) is 1.49. The van der Waals surface area contributed by atoms with Crippen molar-refractivity contribution in [3.8, 4) is 5.75 Å². The van der Waals surface area contributed by atoms with Crippen LogP contribution in [0.15, 0.2) is 18.2 Å². The van der Waals surface area contributed by atoms with Crippen LogP contribution in [0, 0.1) is 15.5 Å². The Morgan fingerprint density at radius 3 is 2.50 bits per heavy atom. The van der Waals surface area contributed by atoms with Crippen molar-refractivity contribution in [1.82, 2.24) is 0 Å². The molecule has 0 unspecified atom stereocenters. The molecule has 110 valence electrons. The predicted molar refractivity (Wildman–Crippen MR) is 74.0 cm³/mol. The summed E-state index contributed by atoms with van der Waals surface area (Å²) in [6.45, 7) is 6.50. The first-order valence-electron chi connectivity index (χ1n) is 6.24. The van der Waals surface area contributed by atoms with Crippen LogP contribution < -0.4 is 4.74 Å². The van der Waals surface area contributed by atoms with Crippen molar-refractivity contribution in [2.75, 3.05) is 13.7 Å². The first-order valence-corrected chi connectivity index (χ1v) is 6.24. The van der Waals surface area contributed by atoms with Gasteiger partial charge in [0.15, 0.2) is 5.75 Å². The monoisotopic (exact) mass is 281 g/mol. The Morgan fingerprint density at radius 2 is 2.00 bits per heavy atom. The zero-order chi connectivity index (χ0) is 15.3. The van der Waals surface area contributed by atoms with Crippen LogP contribution in [0.1, 0.15) is 37.6 Å². The third kappa shape index (κ3) is 4.53. The van der Waals surface area contributed by atoms with E-state index in [4.69, 9.17) is 4.74 Å². The third-order valence-corrected chi connectivity index (χ3v) is 2.69. The fraction of sp³-hybridized carbons (Fsp3) is 0.500. The lowest BCUT2D eigenvalue weighted by Crippen LogP contribution is -2.12. The van der Waals surface area contributed by atoms with Gasteiger partial charge in [0, 0.05) is 12.1 Å². The van der Waals surface area contributed by atoms with Crippen LogP contribution in [0.25, 0.3) is 0 Å². The smallest absolute Gasteiger partial charge is 0.337 e. The van der Waals surface area contributed by atoms with Crippen molar-refractivity contribution >= 4 is 11.7 Å². The number of benzene rings is 1. The van der Waals surface area contributed by atoms with E-state index >= 15 is 0 Å². The molecule has 0 N–H and O–H groups in total. The number of hydrogen-bond donors (Lipinski definition) is 0. The van der Waals surface area contributed by atoms with Crippen molar-refractivity contribution in [1.29, 1.82) is 0 Å². The number of rotatable bonds is 5. The molecule has 0 aromatic heterocycles. The maximum atomic E-state index is 11.4. The van der Waals surface area contributed by atoms with E-state index in [-0.39, 0.29) is 22.4 Å². The van der Waals surface area contributed by atoms with Crippen molar-refractivity contribution in [2.24, 2.45) is 5.41 Å². The van der Waals surface area contributed by atoms with Crippen molar-refractivity contribution in [2.45, 2.75) is 27.2 Å². The Balaban J connectivity index is 2.94. The summed E-state index contributed by atoms with van der Waals surface area (Å²) in [7, 11) is 1.25. The second kappa shape index (κ2) is 6.36. The van der Waals surface area contributed by atoms with Crippen LogP contribution in [-0.2, 0) is 4.74 Å². The van der Waals surface area contributed by atoms with Crippen molar-refractivity contribution in [3.05, 3.63) is 33.9 Å². The van der Waals surface area contributed by atoms with Gasteiger partial charge in [0.1, 0.15) is 0 Å². The number of esters is 1. The average Bonchev–Trinajstić information content (AvgIpc) is 2.35. The molecule has 0 aliphatic heterocycles. The molecule has 6 nitrogen and oxygen atoms in total. The van der Waals surface area contributed by atoms with Gasteiger partial charge in [-0.15, -0.1) is 0 Å². The molecule has 0 fully saturated rings. The Labute approximate surface area is 117 Å². The molecule has 6 heteroatoms. The quantitative estimate of drug-likeness (QED) is 0.470. The number of carbonyl (C=O) groups excluding carboxylic acids is 1. The highest BCUT2D eigenvalue weighted by Crippen LogP contribution is 2.29. The molecule has 0 saturated carbocycles. The largest absolute Gasteiger partial charge is 0.487 e. The van der Waals surface area contributed by atoms with E-state index < -0.39 is 10.9 Å². The van der Waals surface area contributed by atoms with Crippen LogP contribution in [0.2, 0.25) is 0 Å². The summed E-state index contributed by atoms with van der Waals surface area (Å²) in [4.78, 5) is 21.8. The normalized spacial score (nSPS) is 11.0. The molecule has 0 bridgehead atoms. The first-order chi connectivity index (χ1) is 9.24. The SMILES string of the molecule is COC(=O)c1ccc([N+](=O)[O-])c(OCCC(C)(C)C)c1. The number of carbonyl (C=O) groups is 1. The maximum Gasteiger partial charge on any atom is 0.337 e. The van der Waals surface area contributed by atoms with Crippen LogP contribution in [-0.4, -0.2) is 24.6 Å². The van der Waals surface area contributed by atoms with E-state index in [0.717, 1.165) is 6.42 Å². The Kier molecular flexibility index (Phi) is 5.07. The van der Waals surface area contributed by atoms with E-state index in [2.05, 4.69) is 25.5 Å². The minimum atomic E-state index is -0.555.